The Hall–Kier alpha value is -0.910. The van der Waals surface area contributed by atoms with Crippen molar-refractivity contribution in [2.45, 2.75) is 97.4 Å². The molecule has 5 unspecified atom stereocenters. The van der Waals surface area contributed by atoms with E-state index >= 15 is 0 Å². The molecule has 0 radical (unpaired) electrons. The van der Waals surface area contributed by atoms with Gasteiger partial charge in [0.2, 0.25) is 0 Å². The SMILES string of the molecule is CC[C@H]1C(OC(C)=O)C2C3CC[C@H]([C@H](C)CC(=O)OC)[C@@]3(C)C(=O)C(Br)C2[C@@]2(C)CC[C@@H](C)C[C@@H]12. The number of carbonyl (C=O) groups excluding carboxylic acids is 3. The average molecular weight is 554 g/mol. The maximum atomic E-state index is 14.3. The van der Waals surface area contributed by atoms with Gasteiger partial charge in [-0.15, -0.1) is 0 Å². The number of hydrogen-bond acceptors (Lipinski definition) is 5. The number of methoxy groups -OCH3 is 1. The summed E-state index contributed by atoms with van der Waals surface area (Å²) in [5.74, 6) is 1.97. The Morgan fingerprint density at radius 3 is 2.46 bits per heavy atom. The smallest absolute Gasteiger partial charge is 0.305 e. The van der Waals surface area contributed by atoms with Crippen LogP contribution in [0.15, 0.2) is 0 Å². The summed E-state index contributed by atoms with van der Waals surface area (Å²) in [5.41, 5.74) is -0.486. The number of esters is 2. The van der Waals surface area contributed by atoms with E-state index in [1.165, 1.54) is 20.5 Å². The van der Waals surface area contributed by atoms with E-state index in [-0.39, 0.29) is 57.9 Å². The minimum absolute atomic E-state index is 0.0510. The monoisotopic (exact) mass is 552 g/mol. The van der Waals surface area contributed by atoms with Crippen molar-refractivity contribution in [2.75, 3.05) is 7.11 Å². The van der Waals surface area contributed by atoms with Gasteiger partial charge in [-0.3, -0.25) is 14.4 Å². The first-order chi connectivity index (χ1) is 16.4. The van der Waals surface area contributed by atoms with Gasteiger partial charge < -0.3 is 9.47 Å². The molecule has 35 heavy (non-hydrogen) atoms. The zero-order valence-corrected chi connectivity index (χ0v) is 24.2. The van der Waals surface area contributed by atoms with Crippen LogP contribution in [0.25, 0.3) is 0 Å². The topological polar surface area (TPSA) is 69.7 Å². The summed E-state index contributed by atoms with van der Waals surface area (Å²) in [4.78, 5) is 38.7. The molecule has 5 nitrogen and oxygen atoms in total. The number of halogens is 1. The van der Waals surface area contributed by atoms with Gasteiger partial charge in [0.15, 0.2) is 5.78 Å². The first kappa shape index (κ1) is 27.1. The van der Waals surface area contributed by atoms with Gasteiger partial charge in [0.05, 0.1) is 11.9 Å². The maximum absolute atomic E-state index is 14.3. The summed E-state index contributed by atoms with van der Waals surface area (Å²) >= 11 is 3.97. The lowest BCUT2D eigenvalue weighted by molar-refractivity contribution is -0.209. The molecule has 4 rings (SSSR count). The Morgan fingerprint density at radius 1 is 1.17 bits per heavy atom. The molecular formula is C29H45BrO5. The Labute approximate surface area is 220 Å². The quantitative estimate of drug-likeness (QED) is 0.299. The van der Waals surface area contributed by atoms with Crippen molar-refractivity contribution in [3.8, 4) is 0 Å². The van der Waals surface area contributed by atoms with Crippen LogP contribution in [0, 0.1) is 58.2 Å². The highest BCUT2D eigenvalue weighted by Crippen LogP contribution is 2.70. The van der Waals surface area contributed by atoms with Crippen molar-refractivity contribution in [1.82, 2.24) is 0 Å². The van der Waals surface area contributed by atoms with Crippen molar-refractivity contribution < 1.29 is 23.9 Å². The number of ether oxygens (including phenoxy) is 2. The van der Waals surface area contributed by atoms with Crippen molar-refractivity contribution in [3.63, 3.8) is 0 Å². The van der Waals surface area contributed by atoms with Gasteiger partial charge in [0, 0.05) is 24.7 Å². The first-order valence-corrected chi connectivity index (χ1v) is 14.8. The van der Waals surface area contributed by atoms with E-state index in [0.717, 1.165) is 32.1 Å². The van der Waals surface area contributed by atoms with Crippen LogP contribution in [0.2, 0.25) is 0 Å². The molecule has 0 heterocycles. The largest absolute Gasteiger partial charge is 0.469 e. The van der Waals surface area contributed by atoms with Crippen LogP contribution < -0.4 is 0 Å². The lowest BCUT2D eigenvalue weighted by atomic mass is 9.40. The molecule has 12 atom stereocenters. The fourth-order valence-electron chi connectivity index (χ4n) is 9.70. The minimum Gasteiger partial charge on any atom is -0.469 e. The molecule has 4 aliphatic carbocycles. The van der Waals surface area contributed by atoms with Crippen LogP contribution in [0.3, 0.4) is 0 Å². The molecule has 0 amide bonds. The molecule has 4 fully saturated rings. The normalized spacial score (nSPS) is 47.8. The summed E-state index contributed by atoms with van der Waals surface area (Å²) in [7, 11) is 1.43. The third-order valence-electron chi connectivity index (χ3n) is 11.2. The summed E-state index contributed by atoms with van der Waals surface area (Å²) in [6.07, 6.45) is 6.51. The Morgan fingerprint density at radius 2 is 1.86 bits per heavy atom. The second-order valence-corrected chi connectivity index (χ2v) is 13.8. The molecule has 4 saturated carbocycles. The fraction of sp³-hybridized carbons (Fsp3) is 0.897. The lowest BCUT2D eigenvalue weighted by Gasteiger charge is -2.65. The molecule has 0 bridgehead atoms. The van der Waals surface area contributed by atoms with Gasteiger partial charge >= 0.3 is 11.9 Å². The zero-order chi connectivity index (χ0) is 25.9. The number of hydrogen-bond donors (Lipinski definition) is 0. The van der Waals surface area contributed by atoms with Crippen molar-refractivity contribution >= 4 is 33.7 Å². The lowest BCUT2D eigenvalue weighted by Crippen LogP contribution is -2.68. The number of Topliss-reactive ketones (excluding diaryl/α,β-unsaturated/α-hetero) is 1. The highest BCUT2D eigenvalue weighted by molar-refractivity contribution is 9.10. The second kappa shape index (κ2) is 9.76. The van der Waals surface area contributed by atoms with Crippen molar-refractivity contribution in [1.29, 1.82) is 0 Å². The maximum Gasteiger partial charge on any atom is 0.305 e. The molecule has 0 aromatic carbocycles. The van der Waals surface area contributed by atoms with Gasteiger partial charge in [-0.2, -0.15) is 0 Å². The van der Waals surface area contributed by atoms with Crippen LogP contribution in [0.4, 0.5) is 0 Å². The van der Waals surface area contributed by atoms with E-state index in [2.05, 4.69) is 50.5 Å². The van der Waals surface area contributed by atoms with Gasteiger partial charge in [-0.25, -0.2) is 0 Å². The van der Waals surface area contributed by atoms with E-state index in [0.29, 0.717) is 30.0 Å². The van der Waals surface area contributed by atoms with Crippen LogP contribution in [0.5, 0.6) is 0 Å². The van der Waals surface area contributed by atoms with Crippen LogP contribution in [-0.2, 0) is 23.9 Å². The van der Waals surface area contributed by atoms with Gasteiger partial charge in [0.1, 0.15) is 6.10 Å². The van der Waals surface area contributed by atoms with E-state index < -0.39 is 5.41 Å². The average Bonchev–Trinajstić information content (AvgIpc) is 3.16. The van der Waals surface area contributed by atoms with Gasteiger partial charge in [-0.1, -0.05) is 57.0 Å². The Balaban J connectivity index is 1.80. The Kier molecular flexibility index (Phi) is 7.57. The molecule has 4 aliphatic rings. The highest BCUT2D eigenvalue weighted by Gasteiger charge is 2.70. The van der Waals surface area contributed by atoms with Crippen molar-refractivity contribution in [3.05, 3.63) is 0 Å². The zero-order valence-electron chi connectivity index (χ0n) is 22.6. The number of carbonyl (C=O) groups is 3. The highest BCUT2D eigenvalue weighted by atomic mass is 79.9. The predicted octanol–water partition coefficient (Wildman–Crippen LogP) is 6.21. The van der Waals surface area contributed by atoms with Crippen LogP contribution in [-0.4, -0.2) is 35.8 Å². The van der Waals surface area contributed by atoms with Gasteiger partial charge in [0.25, 0.3) is 0 Å². The van der Waals surface area contributed by atoms with E-state index in [4.69, 9.17) is 9.47 Å². The molecule has 0 spiro atoms. The molecule has 6 heteroatoms. The molecular weight excluding hydrogens is 508 g/mol. The summed E-state index contributed by atoms with van der Waals surface area (Å²) < 4.78 is 11.2. The Bertz CT molecular complexity index is 858. The number of fused-ring (bicyclic) bond motifs is 5. The molecule has 198 valence electrons. The van der Waals surface area contributed by atoms with Gasteiger partial charge in [-0.05, 0) is 78.9 Å². The number of alkyl halides is 1. The third kappa shape index (κ3) is 4.12. The molecule has 0 saturated heterocycles. The minimum atomic E-state index is -0.537. The predicted molar refractivity (Wildman–Crippen MR) is 139 cm³/mol. The standard InChI is InChI=1S/C29H45BrO5/c1-8-18-21-13-15(2)11-12-28(21,5)24-23(26(18)35-17(4)31)20-10-9-19(16(3)14-22(32)34-7)29(20,6)27(33)25(24)30/h15-16,18-21,23-26H,8-14H2,1-7H3/t15-,16-,18-,19-,20?,21+,23?,24?,25?,26?,28+,29-/m1/s1. The van der Waals surface area contributed by atoms with Crippen LogP contribution >= 0.6 is 15.9 Å². The van der Waals surface area contributed by atoms with Crippen LogP contribution in [0.1, 0.15) is 86.5 Å². The number of rotatable bonds is 5. The third-order valence-corrected chi connectivity index (χ3v) is 12.2. The van der Waals surface area contributed by atoms with E-state index in [1.807, 2.05) is 0 Å². The summed E-state index contributed by atoms with van der Waals surface area (Å²) in [6, 6.07) is 0. The van der Waals surface area contributed by atoms with E-state index in [9.17, 15) is 14.4 Å². The number of ketones is 1. The fourth-order valence-corrected chi connectivity index (χ4v) is 11.1. The van der Waals surface area contributed by atoms with Crippen molar-refractivity contribution in [2.24, 2.45) is 58.2 Å². The second-order valence-electron chi connectivity index (χ2n) is 12.8. The molecule has 0 N–H and O–H groups in total. The van der Waals surface area contributed by atoms with E-state index in [1.54, 1.807) is 0 Å². The summed E-state index contributed by atoms with van der Waals surface area (Å²) in [6.45, 7) is 12.8. The summed E-state index contributed by atoms with van der Waals surface area (Å²) in [5, 5.41) is 0. The first-order valence-electron chi connectivity index (χ1n) is 13.8. The molecule has 0 aromatic rings. The molecule has 0 aliphatic heterocycles. The molecule has 0 aromatic heterocycles.